The molecule has 88 valence electrons. The van der Waals surface area contributed by atoms with Gasteiger partial charge in [0.25, 0.3) is 0 Å². The number of ether oxygens (including phenoxy) is 1. The number of aromatic nitrogens is 1. The Morgan fingerprint density at radius 3 is 2.82 bits per heavy atom. The molecule has 0 fully saturated rings. The Labute approximate surface area is 98.5 Å². The van der Waals surface area contributed by atoms with Gasteiger partial charge in [0.05, 0.1) is 6.61 Å². The highest BCUT2D eigenvalue weighted by molar-refractivity contribution is 5.39. The van der Waals surface area contributed by atoms with Crippen molar-refractivity contribution in [2.45, 2.75) is 13.5 Å². The number of rotatable bonds is 3. The van der Waals surface area contributed by atoms with Crippen LogP contribution in [0.25, 0.3) is 0 Å². The number of hydrogen-bond acceptors (Lipinski definition) is 3. The highest BCUT2D eigenvalue weighted by Gasteiger charge is 2.06. The number of pyridine rings is 1. The Kier molecular flexibility index (Phi) is 3.35. The smallest absolute Gasteiger partial charge is 0.136 e. The van der Waals surface area contributed by atoms with E-state index < -0.39 is 0 Å². The Balaban J connectivity index is 2.31. The normalized spacial score (nSPS) is 10.3. The molecule has 0 atom stereocenters. The maximum atomic E-state index is 12.9. The average molecular weight is 233 g/mol. The monoisotopic (exact) mass is 233 g/mol. The summed E-state index contributed by atoms with van der Waals surface area (Å²) in [5, 5.41) is 9.13. The Bertz CT molecular complexity index is 529. The molecule has 0 radical (unpaired) electrons. The largest absolute Gasteiger partial charge is 0.457 e. The Morgan fingerprint density at radius 1 is 1.29 bits per heavy atom. The molecule has 1 aromatic carbocycles. The van der Waals surface area contributed by atoms with Crippen LogP contribution in [0.1, 0.15) is 11.1 Å². The maximum Gasteiger partial charge on any atom is 0.136 e. The molecule has 4 heteroatoms. The van der Waals surface area contributed by atoms with Gasteiger partial charge in [0.1, 0.15) is 17.3 Å². The molecule has 0 saturated carbocycles. The van der Waals surface area contributed by atoms with Crippen LogP contribution in [0.4, 0.5) is 4.39 Å². The summed E-state index contributed by atoms with van der Waals surface area (Å²) >= 11 is 0. The van der Waals surface area contributed by atoms with Crippen LogP contribution >= 0.6 is 0 Å². The van der Waals surface area contributed by atoms with Gasteiger partial charge in [-0.2, -0.15) is 0 Å². The summed E-state index contributed by atoms with van der Waals surface area (Å²) in [6.45, 7) is 1.61. The van der Waals surface area contributed by atoms with Crippen molar-refractivity contribution in [1.82, 2.24) is 4.98 Å². The highest BCUT2D eigenvalue weighted by Crippen LogP contribution is 2.27. The molecule has 2 rings (SSSR count). The maximum absolute atomic E-state index is 12.9. The van der Waals surface area contributed by atoms with Gasteiger partial charge in [0, 0.05) is 18.0 Å². The van der Waals surface area contributed by atoms with E-state index in [1.165, 1.54) is 18.3 Å². The molecular formula is C13H12FNO2. The topological polar surface area (TPSA) is 42.4 Å². The first-order valence-electron chi connectivity index (χ1n) is 5.18. The minimum absolute atomic E-state index is 0.149. The minimum atomic E-state index is -0.299. The van der Waals surface area contributed by atoms with E-state index in [1.807, 2.05) is 0 Å². The van der Waals surface area contributed by atoms with Crippen molar-refractivity contribution in [2.24, 2.45) is 0 Å². The van der Waals surface area contributed by atoms with E-state index in [-0.39, 0.29) is 12.4 Å². The van der Waals surface area contributed by atoms with Gasteiger partial charge in [-0.05, 0) is 36.8 Å². The molecular weight excluding hydrogens is 221 g/mol. The Morgan fingerprint density at radius 2 is 2.12 bits per heavy atom. The van der Waals surface area contributed by atoms with E-state index in [0.717, 1.165) is 0 Å². The van der Waals surface area contributed by atoms with Crippen LogP contribution in [-0.4, -0.2) is 10.1 Å². The summed E-state index contributed by atoms with van der Waals surface area (Å²) < 4.78 is 18.5. The number of benzene rings is 1. The number of aliphatic hydroxyl groups is 1. The lowest BCUT2D eigenvalue weighted by molar-refractivity contribution is 0.276. The molecule has 0 amide bonds. The van der Waals surface area contributed by atoms with Gasteiger partial charge in [-0.1, -0.05) is 0 Å². The second-order valence-corrected chi connectivity index (χ2v) is 3.65. The van der Waals surface area contributed by atoms with Gasteiger partial charge < -0.3 is 9.84 Å². The zero-order chi connectivity index (χ0) is 12.3. The second-order valence-electron chi connectivity index (χ2n) is 3.65. The fourth-order valence-electron chi connectivity index (χ4n) is 1.48. The molecule has 0 bridgehead atoms. The third-order valence-corrected chi connectivity index (χ3v) is 2.39. The number of halogens is 1. The van der Waals surface area contributed by atoms with Crippen LogP contribution in [0.2, 0.25) is 0 Å². The highest BCUT2D eigenvalue weighted by atomic mass is 19.1. The molecule has 0 spiro atoms. The molecule has 3 nitrogen and oxygen atoms in total. The predicted molar refractivity (Wildman–Crippen MR) is 61.4 cm³/mol. The molecule has 0 unspecified atom stereocenters. The molecule has 1 heterocycles. The van der Waals surface area contributed by atoms with Gasteiger partial charge in [0.15, 0.2) is 0 Å². The number of aliphatic hydroxyl groups excluding tert-OH is 1. The lowest BCUT2D eigenvalue weighted by atomic mass is 10.2. The standard InChI is InChI=1S/C13H12FNO2/c1-9-6-11(14)2-3-12(9)17-13-4-5-15-7-10(13)8-16/h2-7,16H,8H2,1H3. The number of nitrogens with zero attached hydrogens (tertiary/aromatic N) is 1. The predicted octanol–water partition coefficient (Wildman–Crippen LogP) is 2.81. The average Bonchev–Trinajstić information content (AvgIpc) is 2.33. The van der Waals surface area contributed by atoms with Crippen molar-refractivity contribution in [1.29, 1.82) is 0 Å². The first-order valence-corrected chi connectivity index (χ1v) is 5.18. The fourth-order valence-corrected chi connectivity index (χ4v) is 1.48. The minimum Gasteiger partial charge on any atom is -0.457 e. The van der Waals surface area contributed by atoms with Gasteiger partial charge in [-0.3, -0.25) is 4.98 Å². The SMILES string of the molecule is Cc1cc(F)ccc1Oc1ccncc1CO. The summed E-state index contributed by atoms with van der Waals surface area (Å²) in [5.41, 5.74) is 1.29. The zero-order valence-corrected chi connectivity index (χ0v) is 9.35. The van der Waals surface area contributed by atoms with Crippen LogP contribution < -0.4 is 4.74 Å². The summed E-state index contributed by atoms with van der Waals surface area (Å²) in [7, 11) is 0. The lowest BCUT2D eigenvalue weighted by Gasteiger charge is -2.11. The van der Waals surface area contributed by atoms with Crippen molar-refractivity contribution >= 4 is 0 Å². The van der Waals surface area contributed by atoms with Gasteiger partial charge in [-0.25, -0.2) is 4.39 Å². The molecule has 0 aliphatic rings. The zero-order valence-electron chi connectivity index (χ0n) is 9.35. The summed E-state index contributed by atoms with van der Waals surface area (Å²) in [6.07, 6.45) is 3.11. The molecule has 17 heavy (non-hydrogen) atoms. The van der Waals surface area contributed by atoms with Gasteiger partial charge in [-0.15, -0.1) is 0 Å². The van der Waals surface area contributed by atoms with Crippen molar-refractivity contribution in [3.05, 3.63) is 53.6 Å². The molecule has 0 aliphatic heterocycles. The van der Waals surface area contributed by atoms with E-state index in [4.69, 9.17) is 9.84 Å². The lowest BCUT2D eigenvalue weighted by Crippen LogP contribution is -1.94. The summed E-state index contributed by atoms with van der Waals surface area (Å²) in [5.74, 6) is 0.788. The molecule has 1 N–H and O–H groups in total. The third kappa shape index (κ3) is 2.60. The Hall–Kier alpha value is -1.94. The molecule has 0 saturated heterocycles. The van der Waals surface area contributed by atoms with E-state index in [1.54, 1.807) is 25.3 Å². The van der Waals surface area contributed by atoms with Crippen molar-refractivity contribution in [2.75, 3.05) is 0 Å². The van der Waals surface area contributed by atoms with Crippen LogP contribution in [0, 0.1) is 12.7 Å². The van der Waals surface area contributed by atoms with Crippen molar-refractivity contribution in [3.63, 3.8) is 0 Å². The van der Waals surface area contributed by atoms with E-state index in [0.29, 0.717) is 22.6 Å². The van der Waals surface area contributed by atoms with Crippen LogP contribution in [0.5, 0.6) is 11.5 Å². The van der Waals surface area contributed by atoms with Crippen molar-refractivity contribution < 1.29 is 14.2 Å². The van der Waals surface area contributed by atoms with Gasteiger partial charge >= 0.3 is 0 Å². The molecule has 2 aromatic rings. The summed E-state index contributed by atoms with van der Waals surface area (Å²) in [6, 6.07) is 5.96. The first-order chi connectivity index (χ1) is 8.20. The van der Waals surface area contributed by atoms with Crippen molar-refractivity contribution in [3.8, 4) is 11.5 Å². The van der Waals surface area contributed by atoms with E-state index in [9.17, 15) is 4.39 Å². The molecule has 0 aliphatic carbocycles. The number of aryl methyl sites for hydroxylation is 1. The quantitative estimate of drug-likeness (QED) is 0.886. The van der Waals surface area contributed by atoms with Gasteiger partial charge in [0.2, 0.25) is 0 Å². The van der Waals surface area contributed by atoms with Crippen LogP contribution in [0.3, 0.4) is 0 Å². The molecule has 1 aromatic heterocycles. The van der Waals surface area contributed by atoms with Crippen LogP contribution in [0.15, 0.2) is 36.7 Å². The van der Waals surface area contributed by atoms with E-state index >= 15 is 0 Å². The third-order valence-electron chi connectivity index (χ3n) is 2.39. The first kappa shape index (κ1) is 11.5. The number of hydrogen-bond donors (Lipinski definition) is 1. The summed E-state index contributed by atoms with van der Waals surface area (Å²) in [4.78, 5) is 3.89. The van der Waals surface area contributed by atoms with Crippen LogP contribution in [-0.2, 0) is 6.61 Å². The second kappa shape index (κ2) is 4.93. The van der Waals surface area contributed by atoms with E-state index in [2.05, 4.69) is 4.98 Å². The fraction of sp³-hybridized carbons (Fsp3) is 0.154.